The van der Waals surface area contributed by atoms with Crippen molar-refractivity contribution in [1.82, 2.24) is 10.6 Å². The number of methoxy groups -OCH3 is 1. The van der Waals surface area contributed by atoms with E-state index in [0.29, 0.717) is 26.1 Å². The molecule has 122 valence electrons. The summed E-state index contributed by atoms with van der Waals surface area (Å²) < 4.78 is 17.9. The van der Waals surface area contributed by atoms with E-state index < -0.39 is 0 Å². The van der Waals surface area contributed by atoms with Crippen molar-refractivity contribution >= 4 is 5.91 Å². The summed E-state index contributed by atoms with van der Waals surface area (Å²) in [5, 5.41) is 6.04. The van der Waals surface area contributed by atoms with E-state index in [0.717, 1.165) is 16.9 Å². The van der Waals surface area contributed by atoms with Crippen LogP contribution in [0.5, 0.6) is 5.75 Å². The topological polar surface area (TPSA) is 50.4 Å². The van der Waals surface area contributed by atoms with E-state index in [9.17, 15) is 9.18 Å². The molecule has 0 radical (unpaired) electrons. The highest BCUT2D eigenvalue weighted by molar-refractivity contribution is 5.76. The van der Waals surface area contributed by atoms with Crippen molar-refractivity contribution in [2.24, 2.45) is 0 Å². The molecular weight excluding hydrogens is 295 g/mol. The highest BCUT2D eigenvalue weighted by Crippen LogP contribution is 2.10. The molecule has 2 aromatic rings. The number of amides is 1. The molecule has 0 aliphatic heterocycles. The summed E-state index contributed by atoms with van der Waals surface area (Å²) in [6, 6.07) is 13.9. The number of hydrogen-bond acceptors (Lipinski definition) is 3. The van der Waals surface area contributed by atoms with E-state index >= 15 is 0 Å². The molecule has 0 aliphatic carbocycles. The summed E-state index contributed by atoms with van der Waals surface area (Å²) in [5.41, 5.74) is 2.02. The van der Waals surface area contributed by atoms with E-state index in [1.165, 1.54) is 12.1 Å². The van der Waals surface area contributed by atoms with Gasteiger partial charge in [0.05, 0.1) is 7.11 Å². The Bertz CT molecular complexity index is 612. The zero-order valence-electron chi connectivity index (χ0n) is 13.1. The molecule has 0 spiro atoms. The minimum absolute atomic E-state index is 0.0310. The number of rotatable bonds is 8. The van der Waals surface area contributed by atoms with Crippen molar-refractivity contribution in [2.75, 3.05) is 13.7 Å². The average molecular weight is 316 g/mol. The van der Waals surface area contributed by atoms with E-state index in [-0.39, 0.29) is 11.7 Å². The molecule has 2 aromatic carbocycles. The molecule has 0 unspecified atom stereocenters. The molecule has 0 bridgehead atoms. The first kappa shape index (κ1) is 17.0. The van der Waals surface area contributed by atoms with Crippen LogP contribution < -0.4 is 15.4 Å². The predicted octanol–water partition coefficient (Wildman–Crippen LogP) is 2.63. The van der Waals surface area contributed by atoms with Gasteiger partial charge in [0.2, 0.25) is 5.91 Å². The number of hydrogen-bond donors (Lipinski definition) is 2. The van der Waals surface area contributed by atoms with Crippen LogP contribution in [0.2, 0.25) is 0 Å². The number of benzene rings is 2. The van der Waals surface area contributed by atoms with Crippen molar-refractivity contribution in [1.29, 1.82) is 0 Å². The Balaban J connectivity index is 1.61. The first-order valence-electron chi connectivity index (χ1n) is 7.52. The van der Waals surface area contributed by atoms with Gasteiger partial charge in [0, 0.05) is 26.1 Å². The van der Waals surface area contributed by atoms with Crippen LogP contribution in [0.3, 0.4) is 0 Å². The summed E-state index contributed by atoms with van der Waals surface area (Å²) in [6.07, 6.45) is 0.400. The number of carbonyl (C=O) groups is 1. The molecule has 5 heteroatoms. The van der Waals surface area contributed by atoms with Crippen molar-refractivity contribution in [2.45, 2.75) is 19.5 Å². The van der Waals surface area contributed by atoms with Crippen LogP contribution in [0.25, 0.3) is 0 Å². The molecule has 2 N–H and O–H groups in total. The molecule has 0 saturated carbocycles. The fraction of sp³-hybridized carbons (Fsp3) is 0.278. The van der Waals surface area contributed by atoms with Gasteiger partial charge in [0.25, 0.3) is 0 Å². The summed E-state index contributed by atoms with van der Waals surface area (Å²) >= 11 is 0. The molecule has 0 aromatic heterocycles. The predicted molar refractivity (Wildman–Crippen MR) is 87.6 cm³/mol. The molecule has 0 fully saturated rings. The normalized spacial score (nSPS) is 10.3. The Morgan fingerprint density at radius 2 is 1.61 bits per heavy atom. The van der Waals surface area contributed by atoms with Crippen molar-refractivity contribution in [3.05, 3.63) is 65.5 Å². The van der Waals surface area contributed by atoms with Crippen molar-refractivity contribution < 1.29 is 13.9 Å². The van der Waals surface area contributed by atoms with Crippen molar-refractivity contribution in [3.63, 3.8) is 0 Å². The van der Waals surface area contributed by atoms with E-state index in [1.54, 1.807) is 19.2 Å². The van der Waals surface area contributed by atoms with E-state index in [2.05, 4.69) is 10.6 Å². The number of ether oxygens (including phenoxy) is 1. The van der Waals surface area contributed by atoms with Crippen LogP contribution in [-0.2, 0) is 17.9 Å². The maximum atomic E-state index is 12.8. The first-order valence-corrected chi connectivity index (χ1v) is 7.52. The third-order valence-electron chi connectivity index (χ3n) is 3.42. The highest BCUT2D eigenvalue weighted by atomic mass is 19.1. The molecule has 0 saturated heterocycles. The quantitative estimate of drug-likeness (QED) is 0.736. The molecule has 4 nitrogen and oxygen atoms in total. The fourth-order valence-corrected chi connectivity index (χ4v) is 2.07. The molecular formula is C18H21FN2O2. The lowest BCUT2D eigenvalue weighted by Crippen LogP contribution is -2.27. The van der Waals surface area contributed by atoms with Gasteiger partial charge in [-0.05, 0) is 35.4 Å². The molecule has 1 amide bonds. The highest BCUT2D eigenvalue weighted by Gasteiger charge is 2.02. The van der Waals surface area contributed by atoms with Crippen molar-refractivity contribution in [3.8, 4) is 5.75 Å². The van der Waals surface area contributed by atoms with Gasteiger partial charge in [0.1, 0.15) is 11.6 Å². The zero-order chi connectivity index (χ0) is 16.5. The fourth-order valence-electron chi connectivity index (χ4n) is 2.07. The Kier molecular flexibility index (Phi) is 6.56. The molecule has 0 atom stereocenters. The third-order valence-corrected chi connectivity index (χ3v) is 3.42. The van der Waals surface area contributed by atoms with Gasteiger partial charge >= 0.3 is 0 Å². The van der Waals surface area contributed by atoms with Crippen LogP contribution in [0, 0.1) is 5.82 Å². The van der Waals surface area contributed by atoms with E-state index in [4.69, 9.17) is 4.74 Å². The minimum atomic E-state index is -0.275. The van der Waals surface area contributed by atoms with Gasteiger partial charge < -0.3 is 15.4 Å². The lowest BCUT2D eigenvalue weighted by Gasteiger charge is -2.07. The lowest BCUT2D eigenvalue weighted by molar-refractivity contribution is -0.121. The number of halogens is 1. The maximum absolute atomic E-state index is 12.8. The van der Waals surface area contributed by atoms with E-state index in [1.807, 2.05) is 24.3 Å². The largest absolute Gasteiger partial charge is 0.497 e. The standard InChI is InChI=1S/C18H21FN2O2/c1-23-17-8-4-14(5-9-17)12-20-11-10-18(22)21-13-15-2-6-16(19)7-3-15/h2-9,20H,10-13H2,1H3,(H,21,22). The Morgan fingerprint density at radius 3 is 2.26 bits per heavy atom. The van der Waals surface area contributed by atoms with Crippen LogP contribution in [0.15, 0.2) is 48.5 Å². The van der Waals surface area contributed by atoms with Crippen LogP contribution in [0.4, 0.5) is 4.39 Å². The monoisotopic (exact) mass is 316 g/mol. The number of nitrogens with one attached hydrogen (secondary N) is 2. The Hall–Kier alpha value is -2.40. The third kappa shape index (κ3) is 6.08. The summed E-state index contributed by atoms with van der Waals surface area (Å²) in [7, 11) is 1.64. The molecule has 2 rings (SSSR count). The second-order valence-electron chi connectivity index (χ2n) is 5.18. The lowest BCUT2D eigenvalue weighted by atomic mass is 10.2. The first-order chi connectivity index (χ1) is 11.2. The van der Waals surface area contributed by atoms with Gasteiger partial charge in [-0.1, -0.05) is 24.3 Å². The van der Waals surface area contributed by atoms with Gasteiger partial charge in [-0.15, -0.1) is 0 Å². The molecule has 0 aliphatic rings. The summed E-state index contributed by atoms with van der Waals surface area (Å²) in [6.45, 7) is 1.72. The summed E-state index contributed by atoms with van der Waals surface area (Å²) in [5.74, 6) is 0.522. The number of carbonyl (C=O) groups excluding carboxylic acids is 1. The smallest absolute Gasteiger partial charge is 0.221 e. The van der Waals surface area contributed by atoms with Gasteiger partial charge in [0.15, 0.2) is 0 Å². The average Bonchev–Trinajstić information content (AvgIpc) is 2.59. The SMILES string of the molecule is COc1ccc(CNCCC(=O)NCc2ccc(F)cc2)cc1. The second kappa shape index (κ2) is 8.90. The second-order valence-corrected chi connectivity index (χ2v) is 5.18. The van der Waals surface area contributed by atoms with Gasteiger partial charge in [-0.2, -0.15) is 0 Å². The Morgan fingerprint density at radius 1 is 1.00 bits per heavy atom. The van der Waals surface area contributed by atoms with Gasteiger partial charge in [-0.3, -0.25) is 4.79 Å². The minimum Gasteiger partial charge on any atom is -0.497 e. The van der Waals surface area contributed by atoms with Gasteiger partial charge in [-0.25, -0.2) is 4.39 Å². The van der Waals surface area contributed by atoms with Crippen LogP contribution in [0.1, 0.15) is 17.5 Å². The zero-order valence-corrected chi connectivity index (χ0v) is 13.1. The molecule has 23 heavy (non-hydrogen) atoms. The van der Waals surface area contributed by atoms with Crippen LogP contribution in [-0.4, -0.2) is 19.6 Å². The molecule has 0 heterocycles. The Labute approximate surface area is 135 Å². The summed E-state index contributed by atoms with van der Waals surface area (Å²) in [4.78, 5) is 11.7. The van der Waals surface area contributed by atoms with Crippen LogP contribution >= 0.6 is 0 Å². The maximum Gasteiger partial charge on any atom is 0.221 e.